The summed E-state index contributed by atoms with van der Waals surface area (Å²) in [5.41, 5.74) is 8.03. The van der Waals surface area contributed by atoms with Crippen molar-refractivity contribution in [2.45, 2.75) is 0 Å². The van der Waals surface area contributed by atoms with E-state index in [-0.39, 0.29) is 0 Å². The zero-order valence-corrected chi connectivity index (χ0v) is 28.5. The van der Waals surface area contributed by atoms with Gasteiger partial charge in [0.15, 0.2) is 17.5 Å². The van der Waals surface area contributed by atoms with Gasteiger partial charge in [-0.3, -0.25) is 9.13 Å². The fourth-order valence-electron chi connectivity index (χ4n) is 8.50. The van der Waals surface area contributed by atoms with Gasteiger partial charge in [0.2, 0.25) is 0 Å². The van der Waals surface area contributed by atoms with Crippen molar-refractivity contribution >= 4 is 87.5 Å². The summed E-state index contributed by atoms with van der Waals surface area (Å²) in [5, 5.41) is 19.4. The van der Waals surface area contributed by atoms with Crippen LogP contribution in [-0.4, -0.2) is 19.1 Å². The molecule has 5 aromatic heterocycles. The number of hydrogen-bond donors (Lipinski definition) is 0. The molecular weight excluding hydrogens is 667 g/mol. The highest BCUT2D eigenvalue weighted by Gasteiger charge is 2.27. The second kappa shape index (κ2) is 10.7. The predicted molar refractivity (Wildman–Crippen MR) is 215 cm³/mol. The van der Waals surface area contributed by atoms with E-state index in [4.69, 9.17) is 18.8 Å². The third-order valence-corrected chi connectivity index (χ3v) is 10.8. The largest absolute Gasteiger partial charge is 0.455 e. The van der Waals surface area contributed by atoms with Crippen LogP contribution in [0.4, 0.5) is 0 Å². The smallest absolute Gasteiger partial charge is 0.164 e. The molecule has 0 N–H and O–H groups in total. The van der Waals surface area contributed by atoms with Gasteiger partial charge in [0, 0.05) is 37.9 Å². The van der Waals surface area contributed by atoms with Gasteiger partial charge in [0.25, 0.3) is 0 Å². The first-order valence-corrected chi connectivity index (χ1v) is 17.8. The van der Waals surface area contributed by atoms with E-state index in [1.54, 1.807) is 0 Å². The van der Waals surface area contributed by atoms with Crippen LogP contribution in [0.3, 0.4) is 0 Å². The van der Waals surface area contributed by atoms with Crippen LogP contribution in [0.15, 0.2) is 160 Å². The summed E-state index contributed by atoms with van der Waals surface area (Å²) in [6.07, 6.45) is 0. The molecule has 12 aromatic rings. The number of fused-ring (bicyclic) bond motifs is 14. The molecule has 250 valence electrons. The molecule has 0 fully saturated rings. The fraction of sp³-hybridized carbons (Fsp3) is 0. The second-order valence-electron chi connectivity index (χ2n) is 13.6. The molecule has 0 saturated heterocycles. The van der Waals surface area contributed by atoms with Crippen LogP contribution in [0, 0.1) is 11.3 Å². The minimum absolute atomic E-state index is 0.342. The Hall–Kier alpha value is -7.69. The van der Waals surface area contributed by atoms with Crippen molar-refractivity contribution in [2.75, 3.05) is 0 Å². The van der Waals surface area contributed by atoms with Gasteiger partial charge in [-0.25, -0.2) is 9.97 Å². The first-order chi connectivity index (χ1) is 26.8. The molecule has 0 spiro atoms. The lowest BCUT2D eigenvalue weighted by Crippen LogP contribution is -2.10. The molecule has 7 aromatic carbocycles. The molecule has 0 radical (unpaired) electrons. The topological polar surface area (TPSA) is 85.7 Å². The van der Waals surface area contributed by atoms with Crippen LogP contribution in [0.2, 0.25) is 0 Å². The molecule has 0 aliphatic carbocycles. The molecular formula is C47H25N5O2. The monoisotopic (exact) mass is 691 g/mol. The molecule has 0 saturated carbocycles. The van der Waals surface area contributed by atoms with Gasteiger partial charge in [0.05, 0.1) is 32.8 Å². The summed E-state index contributed by atoms with van der Waals surface area (Å²) in [6, 6.07) is 53.7. The third-order valence-electron chi connectivity index (χ3n) is 10.8. The predicted octanol–water partition coefficient (Wildman–Crippen LogP) is 12.0. The minimum Gasteiger partial charge on any atom is -0.455 e. The molecule has 0 atom stereocenters. The maximum absolute atomic E-state index is 11.3. The van der Waals surface area contributed by atoms with Gasteiger partial charge in [-0.2, -0.15) is 5.26 Å². The summed E-state index contributed by atoms with van der Waals surface area (Å²) >= 11 is 0. The van der Waals surface area contributed by atoms with E-state index in [2.05, 4.69) is 75.9 Å². The average molecular weight is 692 g/mol. The van der Waals surface area contributed by atoms with E-state index in [0.29, 0.717) is 23.0 Å². The Balaban J connectivity index is 1.25. The molecule has 0 aliphatic heterocycles. The van der Waals surface area contributed by atoms with Gasteiger partial charge in [-0.05, 0) is 48.5 Å². The van der Waals surface area contributed by atoms with E-state index in [9.17, 15) is 5.26 Å². The van der Waals surface area contributed by atoms with Crippen LogP contribution >= 0.6 is 0 Å². The first kappa shape index (κ1) is 28.9. The Morgan fingerprint density at radius 2 is 0.870 bits per heavy atom. The number of furan rings is 2. The Bertz CT molecular complexity index is 3370. The lowest BCUT2D eigenvalue weighted by Gasteiger charge is -2.16. The standard InChI is InChI=1S/C47H25N5O2/c48-26-34-46(51-35-18-8-4-16-32(35)41-37(51)24-22-30-28-14-6-10-20-39(28)53-43(30)41)49-45(27-12-2-1-3-13-27)50-47(34)52-36-19-9-5-17-33(36)42-38(52)25-23-31-29-15-7-11-21-40(29)54-44(31)42/h1-25H. The molecule has 0 amide bonds. The van der Waals surface area contributed by atoms with Crippen molar-refractivity contribution in [3.8, 4) is 29.1 Å². The molecule has 0 bridgehead atoms. The van der Waals surface area contributed by atoms with Crippen molar-refractivity contribution in [2.24, 2.45) is 0 Å². The average Bonchev–Trinajstić information content (AvgIpc) is 3.98. The van der Waals surface area contributed by atoms with Crippen molar-refractivity contribution in [3.05, 3.63) is 157 Å². The van der Waals surface area contributed by atoms with Gasteiger partial charge in [-0.15, -0.1) is 0 Å². The highest BCUT2D eigenvalue weighted by molar-refractivity contribution is 6.25. The summed E-state index contributed by atoms with van der Waals surface area (Å²) in [5.74, 6) is 1.48. The summed E-state index contributed by atoms with van der Waals surface area (Å²) in [4.78, 5) is 10.5. The molecule has 0 aliphatic rings. The van der Waals surface area contributed by atoms with Crippen LogP contribution in [-0.2, 0) is 0 Å². The fourth-order valence-corrected chi connectivity index (χ4v) is 8.50. The minimum atomic E-state index is 0.342. The van der Waals surface area contributed by atoms with Gasteiger partial charge < -0.3 is 8.83 Å². The number of nitriles is 1. The zero-order valence-electron chi connectivity index (χ0n) is 28.5. The summed E-state index contributed by atoms with van der Waals surface area (Å²) in [6.45, 7) is 0. The van der Waals surface area contributed by atoms with E-state index < -0.39 is 0 Å². The van der Waals surface area contributed by atoms with Crippen molar-refractivity contribution in [1.82, 2.24) is 19.1 Å². The Morgan fingerprint density at radius 3 is 1.37 bits per heavy atom. The summed E-state index contributed by atoms with van der Waals surface area (Å²) < 4.78 is 17.4. The second-order valence-corrected chi connectivity index (χ2v) is 13.6. The highest BCUT2D eigenvalue weighted by atomic mass is 16.3. The Labute approximate surface area is 306 Å². The van der Waals surface area contributed by atoms with Crippen molar-refractivity contribution in [1.29, 1.82) is 5.26 Å². The van der Waals surface area contributed by atoms with Crippen molar-refractivity contribution < 1.29 is 8.83 Å². The maximum atomic E-state index is 11.3. The number of rotatable bonds is 3. The van der Waals surface area contributed by atoms with E-state index in [1.807, 2.05) is 91.0 Å². The number of nitrogens with zero attached hydrogens (tertiary/aromatic N) is 5. The number of hydrogen-bond acceptors (Lipinski definition) is 5. The quantitative estimate of drug-likeness (QED) is 0.184. The Morgan fingerprint density at radius 1 is 0.426 bits per heavy atom. The first-order valence-electron chi connectivity index (χ1n) is 17.8. The number of para-hydroxylation sites is 4. The summed E-state index contributed by atoms with van der Waals surface area (Å²) in [7, 11) is 0. The molecule has 12 rings (SSSR count). The normalized spacial score (nSPS) is 12.1. The number of aromatic nitrogens is 4. The molecule has 7 heteroatoms. The SMILES string of the molecule is N#Cc1c(-n2c3ccccc3c3c4oc5ccccc5c4ccc32)nc(-c2ccccc2)nc1-n1c2ccccc2c2c3oc4ccccc4c3ccc21. The third kappa shape index (κ3) is 3.78. The van der Waals surface area contributed by atoms with E-state index in [1.165, 1.54) is 0 Å². The molecule has 5 heterocycles. The maximum Gasteiger partial charge on any atom is 0.164 e. The van der Waals surface area contributed by atoms with Gasteiger partial charge in [-0.1, -0.05) is 103 Å². The number of benzene rings is 7. The van der Waals surface area contributed by atoms with Gasteiger partial charge in [0.1, 0.15) is 34.0 Å². The van der Waals surface area contributed by atoms with Crippen LogP contribution in [0.25, 0.3) is 111 Å². The molecule has 54 heavy (non-hydrogen) atoms. The Kier molecular flexibility index (Phi) is 5.72. The van der Waals surface area contributed by atoms with Crippen LogP contribution < -0.4 is 0 Å². The van der Waals surface area contributed by atoms with E-state index in [0.717, 1.165) is 93.1 Å². The van der Waals surface area contributed by atoms with Crippen molar-refractivity contribution in [3.63, 3.8) is 0 Å². The molecule has 0 unspecified atom stereocenters. The van der Waals surface area contributed by atoms with E-state index >= 15 is 0 Å². The zero-order chi connectivity index (χ0) is 35.5. The van der Waals surface area contributed by atoms with Gasteiger partial charge >= 0.3 is 0 Å². The molecule has 7 nitrogen and oxygen atoms in total. The lowest BCUT2D eigenvalue weighted by atomic mass is 10.1. The van der Waals surface area contributed by atoms with Crippen LogP contribution in [0.5, 0.6) is 0 Å². The highest BCUT2D eigenvalue weighted by Crippen LogP contribution is 2.44. The lowest BCUT2D eigenvalue weighted by molar-refractivity contribution is 0.672. The van der Waals surface area contributed by atoms with Crippen LogP contribution in [0.1, 0.15) is 5.56 Å².